The first-order valence-electron chi connectivity index (χ1n) is 12.2. The Bertz CT molecular complexity index is 2000. The van der Waals surface area contributed by atoms with E-state index >= 15 is 0 Å². The summed E-state index contributed by atoms with van der Waals surface area (Å²) in [5, 5.41) is 12.2. The van der Waals surface area contributed by atoms with Crippen molar-refractivity contribution in [2.45, 2.75) is 27.7 Å². The maximum atomic E-state index is 12.3. The highest BCUT2D eigenvalue weighted by Crippen LogP contribution is 2.25. The topological polar surface area (TPSA) is 90.5 Å². The minimum Gasteiger partial charge on any atom is -0.311 e. The van der Waals surface area contributed by atoms with E-state index in [2.05, 4.69) is 27.4 Å². The molecule has 0 aliphatic carbocycles. The number of H-pyrrole nitrogens is 1. The number of nitrogens with zero attached hydrogens (tertiary/aromatic N) is 5. The molecule has 4 aromatic heterocycles. The van der Waals surface area contributed by atoms with Crippen molar-refractivity contribution in [3.05, 3.63) is 114 Å². The van der Waals surface area contributed by atoms with Crippen LogP contribution in [0.1, 0.15) is 22.3 Å². The van der Waals surface area contributed by atoms with Crippen molar-refractivity contribution in [2.75, 3.05) is 0 Å². The van der Waals surface area contributed by atoms with Crippen LogP contribution in [0.5, 0.6) is 0 Å². The van der Waals surface area contributed by atoms with Crippen LogP contribution in [-0.4, -0.2) is 29.1 Å². The first-order chi connectivity index (χ1) is 18.6. The van der Waals surface area contributed by atoms with Crippen LogP contribution in [-0.2, 0) is 7.05 Å². The Labute approximate surface area is 234 Å². The molecule has 39 heavy (non-hydrogen) atoms. The molecule has 0 saturated carbocycles. The Morgan fingerprint density at radius 2 is 1.23 bits per heavy atom. The third-order valence-electron chi connectivity index (χ3n) is 6.65. The van der Waals surface area contributed by atoms with Gasteiger partial charge in [-0.05, 0) is 63.1 Å². The molecule has 8 nitrogen and oxygen atoms in total. The highest BCUT2D eigenvalue weighted by molar-refractivity contribution is 6.34. The number of aryl methyl sites for hydroxylation is 5. The molecule has 0 spiro atoms. The summed E-state index contributed by atoms with van der Waals surface area (Å²) in [6.07, 6.45) is 3.70. The first-order valence-corrected chi connectivity index (χ1v) is 13.0. The Balaban J connectivity index is 0.000000158. The second-order valence-electron chi connectivity index (χ2n) is 9.54. The van der Waals surface area contributed by atoms with Gasteiger partial charge in [0.1, 0.15) is 11.0 Å². The minimum absolute atomic E-state index is 0.158. The molecule has 0 unspecified atom stereocenters. The fourth-order valence-electron chi connectivity index (χ4n) is 4.80. The van der Waals surface area contributed by atoms with Gasteiger partial charge in [-0.25, -0.2) is 9.78 Å². The van der Waals surface area contributed by atoms with Gasteiger partial charge in [-0.2, -0.15) is 10.2 Å². The van der Waals surface area contributed by atoms with Crippen molar-refractivity contribution in [2.24, 2.45) is 7.05 Å². The minimum atomic E-state index is -0.246. The van der Waals surface area contributed by atoms with E-state index in [1.165, 1.54) is 15.8 Å². The van der Waals surface area contributed by atoms with Crippen LogP contribution in [0.3, 0.4) is 0 Å². The quantitative estimate of drug-likeness (QED) is 0.282. The average molecular weight is 561 g/mol. The molecule has 0 atom stereocenters. The van der Waals surface area contributed by atoms with Crippen molar-refractivity contribution in [1.82, 2.24) is 29.1 Å². The zero-order chi connectivity index (χ0) is 28.0. The van der Waals surface area contributed by atoms with E-state index in [4.69, 9.17) is 23.2 Å². The van der Waals surface area contributed by atoms with E-state index in [0.717, 1.165) is 22.5 Å². The predicted molar refractivity (Wildman–Crippen MR) is 157 cm³/mol. The molecule has 0 bridgehead atoms. The highest BCUT2D eigenvalue weighted by atomic mass is 35.5. The number of hydrogen-bond acceptors (Lipinski definition) is 4. The fourth-order valence-corrected chi connectivity index (χ4v) is 5.26. The molecular weight excluding hydrogens is 535 g/mol. The van der Waals surface area contributed by atoms with Crippen LogP contribution in [0.15, 0.2) is 70.5 Å². The molecule has 2 aromatic carbocycles. The van der Waals surface area contributed by atoms with Gasteiger partial charge >= 0.3 is 0 Å². The van der Waals surface area contributed by atoms with E-state index in [9.17, 15) is 9.59 Å². The number of fused-ring (bicyclic) bond motifs is 2. The largest absolute Gasteiger partial charge is 0.311 e. The van der Waals surface area contributed by atoms with Crippen LogP contribution < -0.4 is 11.1 Å². The molecule has 198 valence electrons. The molecule has 6 rings (SSSR count). The van der Waals surface area contributed by atoms with E-state index in [1.807, 2.05) is 79.6 Å². The number of aromatic nitrogens is 6. The molecule has 10 heteroatoms. The van der Waals surface area contributed by atoms with Crippen molar-refractivity contribution >= 4 is 45.0 Å². The number of rotatable bonds is 2. The Hall–Kier alpha value is -4.14. The van der Waals surface area contributed by atoms with Gasteiger partial charge in [0.25, 0.3) is 11.1 Å². The predicted octanol–water partition coefficient (Wildman–Crippen LogP) is 5.98. The molecule has 4 heterocycles. The van der Waals surface area contributed by atoms with Crippen LogP contribution in [0.2, 0.25) is 10.3 Å². The molecule has 6 aromatic rings. The van der Waals surface area contributed by atoms with E-state index in [0.29, 0.717) is 32.1 Å². The van der Waals surface area contributed by atoms with Crippen LogP contribution in [0.4, 0.5) is 0 Å². The van der Waals surface area contributed by atoms with Crippen molar-refractivity contribution in [3.63, 3.8) is 0 Å². The van der Waals surface area contributed by atoms with Gasteiger partial charge < -0.3 is 9.13 Å². The standard InChI is InChI=1S/C15H14ClN3O.C14H12ClN3O/c1-9-4-5-12(10(2)8-9)19-7-6-11-13(19)15(20)18(3)17-14(11)16;1-8-3-4-11(9(2)7-8)18-6-5-10-12(18)14(19)17-16-13(10)15/h4-8H,1-3H3;3-7H,1-2H3,(H,17,19). The molecule has 1 N–H and O–H groups in total. The number of halogens is 2. The summed E-state index contributed by atoms with van der Waals surface area (Å²) in [4.78, 5) is 24.3. The second kappa shape index (κ2) is 10.2. The van der Waals surface area contributed by atoms with E-state index < -0.39 is 0 Å². The lowest BCUT2D eigenvalue weighted by Gasteiger charge is -2.10. The second-order valence-corrected chi connectivity index (χ2v) is 10.3. The lowest BCUT2D eigenvalue weighted by Crippen LogP contribution is -2.21. The average Bonchev–Trinajstić information content (AvgIpc) is 3.52. The van der Waals surface area contributed by atoms with Crippen LogP contribution in [0, 0.1) is 27.7 Å². The lowest BCUT2D eigenvalue weighted by atomic mass is 10.1. The first kappa shape index (κ1) is 26.5. The zero-order valence-electron chi connectivity index (χ0n) is 22.1. The van der Waals surface area contributed by atoms with Gasteiger partial charge in [-0.3, -0.25) is 9.59 Å². The molecule has 0 aliphatic heterocycles. The zero-order valence-corrected chi connectivity index (χ0v) is 23.6. The fraction of sp³-hybridized carbons (Fsp3) is 0.172. The van der Waals surface area contributed by atoms with Gasteiger partial charge in [0.15, 0.2) is 10.3 Å². The molecule has 0 fully saturated rings. The summed E-state index contributed by atoms with van der Waals surface area (Å²) in [6, 6.07) is 15.9. The molecule has 0 radical (unpaired) electrons. The number of nitrogens with one attached hydrogen (secondary N) is 1. The van der Waals surface area contributed by atoms with E-state index in [1.54, 1.807) is 13.1 Å². The van der Waals surface area contributed by atoms with Gasteiger partial charge in [-0.15, -0.1) is 0 Å². The van der Waals surface area contributed by atoms with E-state index in [-0.39, 0.29) is 11.1 Å². The van der Waals surface area contributed by atoms with Gasteiger partial charge in [0.05, 0.1) is 0 Å². The Morgan fingerprint density at radius 1 is 0.718 bits per heavy atom. The maximum Gasteiger partial charge on any atom is 0.291 e. The Morgan fingerprint density at radius 3 is 1.77 bits per heavy atom. The van der Waals surface area contributed by atoms with Crippen molar-refractivity contribution in [3.8, 4) is 11.4 Å². The van der Waals surface area contributed by atoms with Crippen LogP contribution in [0.25, 0.3) is 33.2 Å². The summed E-state index contributed by atoms with van der Waals surface area (Å²) in [5.41, 5.74) is 7.20. The number of hydrogen-bond donors (Lipinski definition) is 1. The molecule has 0 aliphatic rings. The Kier molecular flexibility index (Phi) is 6.92. The molecular formula is C29H26Cl2N6O2. The maximum absolute atomic E-state index is 12.3. The molecule has 0 saturated heterocycles. The third kappa shape index (κ3) is 4.77. The summed E-state index contributed by atoms with van der Waals surface area (Å²) in [7, 11) is 1.60. The summed E-state index contributed by atoms with van der Waals surface area (Å²) >= 11 is 12.1. The summed E-state index contributed by atoms with van der Waals surface area (Å²) < 4.78 is 4.99. The lowest BCUT2D eigenvalue weighted by molar-refractivity contribution is 0.715. The third-order valence-corrected chi connectivity index (χ3v) is 7.21. The highest BCUT2D eigenvalue weighted by Gasteiger charge is 2.14. The van der Waals surface area contributed by atoms with Crippen molar-refractivity contribution < 1.29 is 0 Å². The number of benzene rings is 2. The van der Waals surface area contributed by atoms with Crippen LogP contribution >= 0.6 is 23.2 Å². The van der Waals surface area contributed by atoms with Gasteiger partial charge in [0.2, 0.25) is 0 Å². The van der Waals surface area contributed by atoms with Crippen molar-refractivity contribution in [1.29, 1.82) is 0 Å². The van der Waals surface area contributed by atoms with Gasteiger partial charge in [-0.1, -0.05) is 58.6 Å². The summed E-state index contributed by atoms with van der Waals surface area (Å²) in [6.45, 7) is 8.13. The smallest absolute Gasteiger partial charge is 0.291 e. The molecule has 0 amide bonds. The number of aromatic amines is 1. The summed E-state index contributed by atoms with van der Waals surface area (Å²) in [5.74, 6) is 0. The monoisotopic (exact) mass is 560 g/mol. The normalized spacial score (nSPS) is 11.2. The SMILES string of the molecule is Cc1ccc(-n2ccc3c(Cl)n[nH]c(=O)c32)c(C)c1.Cc1ccc(-n2ccc3c(Cl)nn(C)c(=O)c32)c(C)c1. The van der Waals surface area contributed by atoms with Gasteiger partial charge in [0, 0.05) is 41.6 Å².